The van der Waals surface area contributed by atoms with E-state index in [9.17, 15) is 9.59 Å². The van der Waals surface area contributed by atoms with E-state index in [-0.39, 0.29) is 5.91 Å². The minimum atomic E-state index is -0.955. The van der Waals surface area contributed by atoms with E-state index in [0.29, 0.717) is 15.6 Å². The maximum Gasteiger partial charge on any atom is 0.308 e. The number of benzene rings is 1. The van der Waals surface area contributed by atoms with Crippen molar-refractivity contribution in [3.05, 3.63) is 39.9 Å². The Morgan fingerprint density at radius 3 is 2.25 bits per heavy atom. The van der Waals surface area contributed by atoms with Gasteiger partial charge in [-0.15, -0.1) is 0 Å². The fourth-order valence-corrected chi connectivity index (χ4v) is 2.00. The van der Waals surface area contributed by atoms with Crippen molar-refractivity contribution >= 4 is 41.2 Å². The molecule has 0 saturated heterocycles. The summed E-state index contributed by atoms with van der Waals surface area (Å²) in [5, 5.41) is 12.4. The van der Waals surface area contributed by atoms with Crippen molar-refractivity contribution in [2.24, 2.45) is 5.92 Å². The van der Waals surface area contributed by atoms with Crippen LogP contribution in [0, 0.1) is 5.92 Å². The van der Waals surface area contributed by atoms with Gasteiger partial charge in [0.05, 0.1) is 5.92 Å². The first-order valence-corrected chi connectivity index (χ1v) is 6.72. The van der Waals surface area contributed by atoms with Crippen LogP contribution in [0.1, 0.15) is 19.4 Å². The van der Waals surface area contributed by atoms with Gasteiger partial charge in [0, 0.05) is 22.2 Å². The van der Waals surface area contributed by atoms with Crippen LogP contribution in [0.2, 0.25) is 10.0 Å². The number of nitrogens with one attached hydrogen (secondary N) is 1. The molecule has 0 heterocycles. The summed E-state index contributed by atoms with van der Waals surface area (Å²) in [4.78, 5) is 22.4. The topological polar surface area (TPSA) is 66.4 Å². The fourth-order valence-electron chi connectivity index (χ4n) is 1.45. The maximum atomic E-state index is 11.7. The number of rotatable bonds is 5. The number of hydrogen-bond donors (Lipinski definition) is 2. The lowest BCUT2D eigenvalue weighted by atomic mass is 10.0. The quantitative estimate of drug-likeness (QED) is 0.820. The van der Waals surface area contributed by atoms with Gasteiger partial charge in [0.25, 0.3) is 0 Å². The van der Waals surface area contributed by atoms with Crippen LogP contribution in [0.15, 0.2) is 24.3 Å². The van der Waals surface area contributed by atoms with Crippen molar-refractivity contribution in [2.45, 2.75) is 19.9 Å². The van der Waals surface area contributed by atoms with Crippen molar-refractivity contribution < 1.29 is 14.7 Å². The molecule has 6 heteroatoms. The molecule has 2 N–H and O–H groups in total. The summed E-state index contributed by atoms with van der Waals surface area (Å²) >= 11 is 11.7. The van der Waals surface area contributed by atoms with Crippen LogP contribution in [0.4, 0.5) is 0 Å². The average Bonchev–Trinajstić information content (AvgIpc) is 2.34. The van der Waals surface area contributed by atoms with Gasteiger partial charge in [-0.3, -0.25) is 9.59 Å². The van der Waals surface area contributed by atoms with Gasteiger partial charge in [0.2, 0.25) is 5.91 Å². The summed E-state index contributed by atoms with van der Waals surface area (Å²) in [5.41, 5.74) is 0.691. The molecule has 0 fully saturated rings. The Balaban J connectivity index is 2.66. The number of halogens is 2. The Labute approximate surface area is 127 Å². The Morgan fingerprint density at radius 2 is 1.75 bits per heavy atom. The molecular weight excluding hydrogens is 301 g/mol. The molecule has 0 saturated carbocycles. The highest BCUT2D eigenvalue weighted by Gasteiger charge is 2.19. The van der Waals surface area contributed by atoms with E-state index in [1.807, 2.05) is 0 Å². The number of aliphatic carboxylic acids is 1. The zero-order valence-corrected chi connectivity index (χ0v) is 12.6. The molecule has 20 heavy (non-hydrogen) atoms. The van der Waals surface area contributed by atoms with Crippen molar-refractivity contribution in [1.29, 1.82) is 0 Å². The zero-order valence-electron chi connectivity index (χ0n) is 11.1. The Bertz CT molecular complexity index is 523. The SMILES string of the molecule is CC(NC(=O)/C=C/c1cc(Cl)cc(Cl)c1)C(C)C(=O)O. The molecule has 0 bridgehead atoms. The largest absolute Gasteiger partial charge is 0.481 e. The predicted octanol–water partition coefficient (Wildman–Crippen LogP) is 3.23. The van der Waals surface area contributed by atoms with Crippen molar-refractivity contribution in [3.63, 3.8) is 0 Å². The molecule has 0 aromatic heterocycles. The fraction of sp³-hybridized carbons (Fsp3) is 0.286. The van der Waals surface area contributed by atoms with Crippen LogP contribution in [-0.2, 0) is 9.59 Å². The van der Waals surface area contributed by atoms with Crippen LogP contribution in [0.25, 0.3) is 6.08 Å². The van der Waals surface area contributed by atoms with Crippen LogP contribution >= 0.6 is 23.2 Å². The molecule has 4 nitrogen and oxygen atoms in total. The van der Waals surface area contributed by atoms with Gasteiger partial charge in [-0.25, -0.2) is 0 Å². The lowest BCUT2D eigenvalue weighted by Gasteiger charge is -2.16. The predicted molar refractivity (Wildman–Crippen MR) is 79.9 cm³/mol. The average molecular weight is 316 g/mol. The highest BCUT2D eigenvalue weighted by atomic mass is 35.5. The van der Waals surface area contributed by atoms with Gasteiger partial charge >= 0.3 is 5.97 Å². The highest BCUT2D eigenvalue weighted by molar-refractivity contribution is 6.34. The smallest absolute Gasteiger partial charge is 0.308 e. The van der Waals surface area contributed by atoms with Gasteiger partial charge in [0.1, 0.15) is 0 Å². The first-order chi connectivity index (χ1) is 9.29. The second-order valence-corrected chi connectivity index (χ2v) is 5.33. The molecule has 0 aliphatic rings. The van der Waals surface area contributed by atoms with Crippen LogP contribution in [0.5, 0.6) is 0 Å². The molecule has 1 aromatic carbocycles. The zero-order chi connectivity index (χ0) is 15.3. The molecule has 1 rings (SSSR count). The number of carboxylic acid groups (broad SMARTS) is 1. The van der Waals surface area contributed by atoms with Gasteiger partial charge in [-0.05, 0) is 43.7 Å². The summed E-state index contributed by atoms with van der Waals surface area (Å²) in [7, 11) is 0. The molecule has 108 valence electrons. The second-order valence-electron chi connectivity index (χ2n) is 4.46. The Morgan fingerprint density at radius 1 is 1.20 bits per heavy atom. The molecule has 0 spiro atoms. The molecule has 2 atom stereocenters. The lowest BCUT2D eigenvalue weighted by molar-refractivity contribution is -0.142. The van der Waals surface area contributed by atoms with Crippen LogP contribution in [-0.4, -0.2) is 23.0 Å². The third-order valence-corrected chi connectivity index (χ3v) is 3.26. The molecule has 0 aliphatic heterocycles. The van der Waals surface area contributed by atoms with E-state index in [2.05, 4.69) is 5.32 Å². The summed E-state index contributed by atoms with van der Waals surface area (Å²) in [6.07, 6.45) is 2.87. The van der Waals surface area contributed by atoms with Gasteiger partial charge in [-0.2, -0.15) is 0 Å². The summed E-state index contributed by atoms with van der Waals surface area (Å²) < 4.78 is 0. The molecule has 1 aromatic rings. The summed E-state index contributed by atoms with van der Waals surface area (Å²) in [5.74, 6) is -1.99. The van der Waals surface area contributed by atoms with Gasteiger partial charge in [-0.1, -0.05) is 23.2 Å². The van der Waals surface area contributed by atoms with E-state index >= 15 is 0 Å². The number of carbonyl (C=O) groups excluding carboxylic acids is 1. The number of carbonyl (C=O) groups is 2. The molecular formula is C14H15Cl2NO3. The number of hydrogen-bond acceptors (Lipinski definition) is 2. The van der Waals surface area contributed by atoms with E-state index in [1.165, 1.54) is 13.0 Å². The molecule has 2 unspecified atom stereocenters. The maximum absolute atomic E-state index is 11.7. The molecule has 0 aliphatic carbocycles. The summed E-state index contributed by atoms with van der Waals surface area (Å²) in [6, 6.07) is 4.46. The van der Waals surface area contributed by atoms with Crippen molar-refractivity contribution in [2.75, 3.05) is 0 Å². The highest BCUT2D eigenvalue weighted by Crippen LogP contribution is 2.19. The molecule has 1 amide bonds. The minimum Gasteiger partial charge on any atom is -0.481 e. The third kappa shape index (κ3) is 5.23. The van der Waals surface area contributed by atoms with Gasteiger partial charge < -0.3 is 10.4 Å². The van der Waals surface area contributed by atoms with Crippen molar-refractivity contribution in [3.8, 4) is 0 Å². The third-order valence-electron chi connectivity index (χ3n) is 2.82. The van der Waals surface area contributed by atoms with Crippen LogP contribution < -0.4 is 5.32 Å². The van der Waals surface area contributed by atoms with E-state index in [0.717, 1.165) is 0 Å². The first kappa shape index (κ1) is 16.5. The molecule has 0 radical (unpaired) electrons. The lowest BCUT2D eigenvalue weighted by Crippen LogP contribution is -2.39. The van der Waals surface area contributed by atoms with E-state index < -0.39 is 17.9 Å². The van der Waals surface area contributed by atoms with Crippen molar-refractivity contribution in [1.82, 2.24) is 5.32 Å². The second kappa shape index (κ2) is 7.31. The Kier molecular flexibility index (Phi) is 6.05. The van der Waals surface area contributed by atoms with E-state index in [4.69, 9.17) is 28.3 Å². The normalized spacial score (nSPS) is 14.0. The number of amides is 1. The first-order valence-electron chi connectivity index (χ1n) is 5.97. The number of carboxylic acids is 1. The monoisotopic (exact) mass is 315 g/mol. The standard InChI is InChI=1S/C14H15Cl2NO3/c1-8(14(19)20)9(2)17-13(18)4-3-10-5-11(15)7-12(16)6-10/h3-9H,1-2H3,(H,17,18)(H,19,20)/b4-3+. The minimum absolute atomic E-state index is 0.373. The van der Waals surface area contributed by atoms with E-state index in [1.54, 1.807) is 31.2 Å². The Hall–Kier alpha value is -1.52. The van der Waals surface area contributed by atoms with Crippen LogP contribution in [0.3, 0.4) is 0 Å². The summed E-state index contributed by atoms with van der Waals surface area (Å²) in [6.45, 7) is 3.18. The van der Waals surface area contributed by atoms with Gasteiger partial charge in [0.15, 0.2) is 0 Å².